The van der Waals surface area contributed by atoms with Gasteiger partial charge in [0.25, 0.3) is 0 Å². The summed E-state index contributed by atoms with van der Waals surface area (Å²) >= 11 is 0. The van der Waals surface area contributed by atoms with Crippen molar-refractivity contribution in [1.82, 2.24) is 4.98 Å². The molecule has 2 aliphatic carbocycles. The first-order valence-corrected chi connectivity index (χ1v) is 7.20. The zero-order chi connectivity index (χ0) is 14.5. The molecule has 5 heteroatoms. The van der Waals surface area contributed by atoms with Crippen LogP contribution < -0.4 is 5.32 Å². The van der Waals surface area contributed by atoms with Crippen molar-refractivity contribution in [1.29, 1.82) is 0 Å². The van der Waals surface area contributed by atoms with Gasteiger partial charge in [-0.2, -0.15) is 0 Å². The minimum Gasteiger partial charge on any atom is -0.374 e. The van der Waals surface area contributed by atoms with Gasteiger partial charge in [0.2, 0.25) is 0 Å². The number of hydrogen-bond donors (Lipinski definition) is 1. The number of nitrogens with one attached hydrogen (secondary N) is 1. The Labute approximate surface area is 118 Å². The SMILES string of the molecule is CC12CCC(C1)C(C)(C)C2Nc1cccnc1[N+](=O)[O-]. The maximum absolute atomic E-state index is 11.1. The van der Waals surface area contributed by atoms with Gasteiger partial charge in [-0.1, -0.05) is 20.8 Å². The average molecular weight is 275 g/mol. The van der Waals surface area contributed by atoms with Crippen LogP contribution in [0.4, 0.5) is 11.5 Å². The Balaban J connectivity index is 1.94. The molecule has 2 aliphatic rings. The van der Waals surface area contributed by atoms with E-state index in [9.17, 15) is 10.1 Å². The molecular weight excluding hydrogens is 254 g/mol. The molecule has 1 N–H and O–H groups in total. The van der Waals surface area contributed by atoms with Crippen LogP contribution in [0.5, 0.6) is 0 Å². The Morgan fingerprint density at radius 1 is 1.45 bits per heavy atom. The van der Waals surface area contributed by atoms with Gasteiger partial charge in [0, 0.05) is 6.04 Å². The van der Waals surface area contributed by atoms with Crippen molar-refractivity contribution < 1.29 is 4.92 Å². The van der Waals surface area contributed by atoms with Crippen LogP contribution in [0.3, 0.4) is 0 Å². The fraction of sp³-hybridized carbons (Fsp3) is 0.667. The van der Waals surface area contributed by atoms with Crippen molar-refractivity contribution in [2.45, 2.75) is 46.1 Å². The summed E-state index contributed by atoms with van der Waals surface area (Å²) in [6.07, 6.45) is 5.16. The summed E-state index contributed by atoms with van der Waals surface area (Å²) in [7, 11) is 0. The highest BCUT2D eigenvalue weighted by Crippen LogP contribution is 2.63. The number of pyridine rings is 1. The van der Waals surface area contributed by atoms with E-state index in [0.29, 0.717) is 11.6 Å². The van der Waals surface area contributed by atoms with Crippen molar-refractivity contribution in [2.75, 3.05) is 5.32 Å². The zero-order valence-electron chi connectivity index (χ0n) is 12.2. The van der Waals surface area contributed by atoms with Crippen molar-refractivity contribution in [3.8, 4) is 0 Å². The Morgan fingerprint density at radius 2 is 2.20 bits per heavy atom. The number of nitrogens with zero attached hydrogens (tertiary/aromatic N) is 2. The second-order valence-electron chi connectivity index (χ2n) is 7.12. The molecule has 1 aromatic heterocycles. The summed E-state index contributed by atoms with van der Waals surface area (Å²) in [4.78, 5) is 14.6. The van der Waals surface area contributed by atoms with E-state index in [4.69, 9.17) is 0 Å². The van der Waals surface area contributed by atoms with Gasteiger partial charge in [-0.3, -0.25) is 0 Å². The first kappa shape index (κ1) is 13.3. The molecule has 0 aliphatic heterocycles. The van der Waals surface area contributed by atoms with E-state index in [1.54, 1.807) is 12.1 Å². The molecule has 2 bridgehead atoms. The van der Waals surface area contributed by atoms with Gasteiger partial charge in [0.1, 0.15) is 11.9 Å². The lowest BCUT2D eigenvalue weighted by molar-refractivity contribution is -0.388. The molecule has 0 amide bonds. The number of hydrogen-bond acceptors (Lipinski definition) is 4. The minimum atomic E-state index is -0.412. The van der Waals surface area contributed by atoms with E-state index in [1.807, 2.05) is 0 Å². The number of nitro groups is 1. The van der Waals surface area contributed by atoms with E-state index in [-0.39, 0.29) is 22.7 Å². The fourth-order valence-corrected chi connectivity index (χ4v) is 4.47. The van der Waals surface area contributed by atoms with Gasteiger partial charge in [0.15, 0.2) is 0 Å². The average Bonchev–Trinajstić information content (AvgIpc) is 2.86. The molecule has 0 aromatic carbocycles. The third-order valence-corrected chi connectivity index (χ3v) is 5.53. The van der Waals surface area contributed by atoms with Gasteiger partial charge in [-0.15, -0.1) is 0 Å². The molecule has 2 saturated carbocycles. The summed E-state index contributed by atoms with van der Waals surface area (Å²) < 4.78 is 0. The van der Waals surface area contributed by atoms with Crippen molar-refractivity contribution >= 4 is 11.5 Å². The molecule has 5 nitrogen and oxygen atoms in total. The molecule has 1 heterocycles. The van der Waals surface area contributed by atoms with Gasteiger partial charge < -0.3 is 15.4 Å². The lowest BCUT2D eigenvalue weighted by Gasteiger charge is -2.43. The third-order valence-electron chi connectivity index (χ3n) is 5.53. The molecule has 3 atom stereocenters. The summed E-state index contributed by atoms with van der Waals surface area (Å²) in [5, 5.41) is 14.5. The minimum absolute atomic E-state index is 0.0744. The molecule has 2 fully saturated rings. The second kappa shape index (κ2) is 4.17. The summed E-state index contributed by atoms with van der Waals surface area (Å²) in [5.41, 5.74) is 0.943. The molecule has 20 heavy (non-hydrogen) atoms. The normalized spacial score (nSPS) is 34.1. The molecule has 1 aromatic rings. The highest BCUT2D eigenvalue weighted by Gasteiger charge is 2.59. The van der Waals surface area contributed by atoms with Gasteiger partial charge in [-0.25, -0.2) is 0 Å². The Hall–Kier alpha value is -1.65. The smallest absolute Gasteiger partial charge is 0.374 e. The fourth-order valence-electron chi connectivity index (χ4n) is 4.47. The van der Waals surface area contributed by atoms with Gasteiger partial charge in [0.05, 0.1) is 0 Å². The van der Waals surface area contributed by atoms with Crippen LogP contribution in [0, 0.1) is 26.9 Å². The van der Waals surface area contributed by atoms with E-state index in [2.05, 4.69) is 31.1 Å². The Bertz CT molecular complexity index is 553. The molecule has 108 valence electrons. The van der Waals surface area contributed by atoms with Crippen LogP contribution in [0.25, 0.3) is 0 Å². The predicted octanol–water partition coefficient (Wildman–Crippen LogP) is 3.62. The highest BCUT2D eigenvalue weighted by molar-refractivity contribution is 5.58. The van der Waals surface area contributed by atoms with Crippen LogP contribution in [0.2, 0.25) is 0 Å². The highest BCUT2D eigenvalue weighted by atomic mass is 16.6. The first-order chi connectivity index (χ1) is 9.34. The lowest BCUT2D eigenvalue weighted by atomic mass is 9.68. The molecule has 0 saturated heterocycles. The molecule has 3 rings (SSSR count). The lowest BCUT2D eigenvalue weighted by Crippen LogP contribution is -2.45. The van der Waals surface area contributed by atoms with E-state index in [0.717, 1.165) is 0 Å². The maximum Gasteiger partial charge on any atom is 0.386 e. The van der Waals surface area contributed by atoms with Crippen LogP contribution in [-0.2, 0) is 0 Å². The van der Waals surface area contributed by atoms with Crippen LogP contribution in [0.15, 0.2) is 18.3 Å². The van der Waals surface area contributed by atoms with Crippen LogP contribution in [0.1, 0.15) is 40.0 Å². The number of rotatable bonds is 3. The molecule has 0 radical (unpaired) electrons. The molecule has 0 spiro atoms. The van der Waals surface area contributed by atoms with Crippen LogP contribution in [-0.4, -0.2) is 15.9 Å². The number of aromatic nitrogens is 1. The molecular formula is C15H21N3O2. The van der Waals surface area contributed by atoms with Gasteiger partial charge >= 0.3 is 5.82 Å². The van der Waals surface area contributed by atoms with E-state index < -0.39 is 4.92 Å². The maximum atomic E-state index is 11.1. The Kier molecular flexibility index (Phi) is 2.78. The second-order valence-corrected chi connectivity index (χ2v) is 7.12. The van der Waals surface area contributed by atoms with E-state index >= 15 is 0 Å². The standard InChI is InChI=1S/C15H21N3O2/c1-14(2)10-6-7-15(3,9-10)13(14)17-11-5-4-8-16-12(11)18(19)20/h4-5,8,10,13,17H,6-7,9H2,1-3H3. The number of anilines is 1. The monoisotopic (exact) mass is 275 g/mol. The van der Waals surface area contributed by atoms with Crippen molar-refractivity contribution in [2.24, 2.45) is 16.7 Å². The van der Waals surface area contributed by atoms with Crippen LogP contribution >= 0.6 is 0 Å². The quantitative estimate of drug-likeness (QED) is 0.675. The topological polar surface area (TPSA) is 68.1 Å². The molecule has 3 unspecified atom stereocenters. The summed E-state index contributed by atoms with van der Waals surface area (Å²) in [6, 6.07) is 3.77. The Morgan fingerprint density at radius 3 is 2.80 bits per heavy atom. The van der Waals surface area contributed by atoms with Crippen molar-refractivity contribution in [3.05, 3.63) is 28.4 Å². The summed E-state index contributed by atoms with van der Waals surface area (Å²) in [6.45, 7) is 6.87. The summed E-state index contributed by atoms with van der Waals surface area (Å²) in [5.74, 6) is 0.635. The van der Waals surface area contributed by atoms with Crippen molar-refractivity contribution in [3.63, 3.8) is 0 Å². The van der Waals surface area contributed by atoms with Gasteiger partial charge in [-0.05, 0) is 58.1 Å². The zero-order valence-corrected chi connectivity index (χ0v) is 12.2. The first-order valence-electron chi connectivity index (χ1n) is 7.20. The predicted molar refractivity (Wildman–Crippen MR) is 77.5 cm³/mol. The largest absolute Gasteiger partial charge is 0.386 e. The number of fused-ring (bicyclic) bond motifs is 2. The van der Waals surface area contributed by atoms with E-state index in [1.165, 1.54) is 25.5 Å². The third kappa shape index (κ3) is 1.79.